The quantitative estimate of drug-likeness (QED) is 0.312. The number of aryl methyl sites for hydroxylation is 2. The molecule has 0 aliphatic rings. The van der Waals surface area contributed by atoms with Gasteiger partial charge >= 0.3 is 0 Å². The molecule has 0 radical (unpaired) electrons. The Bertz CT molecular complexity index is 1070. The summed E-state index contributed by atoms with van der Waals surface area (Å²) in [6, 6.07) is 4.81. The molecule has 136 valence electrons. The van der Waals surface area contributed by atoms with Crippen molar-refractivity contribution in [3.63, 3.8) is 0 Å². The molecule has 0 bridgehead atoms. The Morgan fingerprint density at radius 2 is 2.00 bits per heavy atom. The van der Waals surface area contributed by atoms with Crippen LogP contribution in [-0.4, -0.2) is 21.1 Å². The lowest BCUT2D eigenvalue weighted by Crippen LogP contribution is -2.22. The largest absolute Gasteiger partial charge is 0.293 e. The number of thiophene rings is 1. The first-order valence-electron chi connectivity index (χ1n) is 7.95. The molecule has 26 heavy (non-hydrogen) atoms. The van der Waals surface area contributed by atoms with Gasteiger partial charge in [0.25, 0.3) is 5.56 Å². The average Bonchev–Trinajstić information content (AvgIpc) is 2.89. The van der Waals surface area contributed by atoms with E-state index in [2.05, 4.69) is 4.98 Å². The van der Waals surface area contributed by atoms with E-state index in [4.69, 9.17) is 23.2 Å². The van der Waals surface area contributed by atoms with Gasteiger partial charge in [0.2, 0.25) is 0 Å². The molecule has 0 N–H and O–H groups in total. The second-order valence-corrected chi connectivity index (χ2v) is 8.71. The minimum atomic E-state index is -0.0934. The van der Waals surface area contributed by atoms with Gasteiger partial charge < -0.3 is 0 Å². The fourth-order valence-electron chi connectivity index (χ4n) is 2.58. The Labute approximate surface area is 169 Å². The molecule has 0 saturated heterocycles. The molecule has 0 unspecified atom stereocenters. The van der Waals surface area contributed by atoms with E-state index < -0.39 is 0 Å². The topological polar surface area (TPSA) is 52.0 Å². The lowest BCUT2D eigenvalue weighted by Gasteiger charge is -2.10. The van der Waals surface area contributed by atoms with Crippen molar-refractivity contribution in [2.24, 2.45) is 0 Å². The number of thioether (sulfide) groups is 1. The summed E-state index contributed by atoms with van der Waals surface area (Å²) in [7, 11) is 0. The maximum Gasteiger partial charge on any atom is 0.263 e. The maximum absolute atomic E-state index is 12.8. The summed E-state index contributed by atoms with van der Waals surface area (Å²) in [6.07, 6.45) is 0. The number of carbonyl (C=O) groups is 1. The van der Waals surface area contributed by atoms with Gasteiger partial charge in [-0.05, 0) is 44.5 Å². The monoisotopic (exact) mass is 426 g/mol. The van der Waals surface area contributed by atoms with Gasteiger partial charge in [-0.25, -0.2) is 4.98 Å². The lowest BCUT2D eigenvalue weighted by atomic mass is 10.1. The molecule has 8 heteroatoms. The second kappa shape index (κ2) is 7.72. The van der Waals surface area contributed by atoms with Crippen LogP contribution in [0.2, 0.25) is 10.0 Å². The van der Waals surface area contributed by atoms with E-state index in [-0.39, 0.29) is 17.1 Å². The Hall–Kier alpha value is -1.34. The van der Waals surface area contributed by atoms with Crippen LogP contribution in [0.5, 0.6) is 0 Å². The molecular weight excluding hydrogens is 411 g/mol. The number of Topliss-reactive ketones (excluding diaryl/α,β-unsaturated/α-hetero) is 1. The number of aromatic nitrogens is 2. The number of halogens is 2. The summed E-state index contributed by atoms with van der Waals surface area (Å²) in [4.78, 5) is 31.7. The third-order valence-corrected chi connectivity index (χ3v) is 6.96. The van der Waals surface area contributed by atoms with Gasteiger partial charge in [0.15, 0.2) is 10.9 Å². The lowest BCUT2D eigenvalue weighted by molar-refractivity contribution is 0.102. The van der Waals surface area contributed by atoms with E-state index in [0.717, 1.165) is 15.3 Å². The highest BCUT2D eigenvalue weighted by molar-refractivity contribution is 7.99. The molecular formula is C18H16Cl2N2O2S2. The highest BCUT2D eigenvalue weighted by Gasteiger charge is 2.17. The fourth-order valence-corrected chi connectivity index (χ4v) is 4.91. The first kappa shape index (κ1) is 19.4. The Kier molecular flexibility index (Phi) is 5.77. The van der Waals surface area contributed by atoms with Crippen molar-refractivity contribution in [2.45, 2.75) is 32.5 Å². The zero-order valence-corrected chi connectivity index (χ0v) is 17.6. The molecule has 0 saturated carbocycles. The van der Waals surface area contributed by atoms with Gasteiger partial charge in [-0.15, -0.1) is 11.3 Å². The number of ketones is 1. The summed E-state index contributed by atoms with van der Waals surface area (Å²) in [5.41, 5.74) is 1.41. The van der Waals surface area contributed by atoms with Crippen molar-refractivity contribution < 1.29 is 4.79 Å². The van der Waals surface area contributed by atoms with Crippen LogP contribution in [0, 0.1) is 13.8 Å². The molecule has 4 nitrogen and oxygen atoms in total. The zero-order valence-electron chi connectivity index (χ0n) is 14.4. The molecule has 0 aliphatic carbocycles. The third kappa shape index (κ3) is 3.56. The van der Waals surface area contributed by atoms with E-state index in [0.29, 0.717) is 32.7 Å². The maximum atomic E-state index is 12.8. The molecule has 3 rings (SSSR count). The molecule has 0 fully saturated rings. The SMILES string of the molecule is CCn1c(SCC(=O)c2ccc(Cl)c(Cl)c2)nc2sc(C)c(C)c2c1=O. The van der Waals surface area contributed by atoms with Crippen LogP contribution in [-0.2, 0) is 6.54 Å². The number of carbonyl (C=O) groups excluding carboxylic acids is 1. The van der Waals surface area contributed by atoms with Crippen molar-refractivity contribution in [3.8, 4) is 0 Å². The molecule has 2 heterocycles. The van der Waals surface area contributed by atoms with Crippen molar-refractivity contribution in [1.29, 1.82) is 0 Å². The summed E-state index contributed by atoms with van der Waals surface area (Å²) >= 11 is 14.6. The van der Waals surface area contributed by atoms with E-state index in [1.807, 2.05) is 20.8 Å². The van der Waals surface area contributed by atoms with Crippen LogP contribution in [0.25, 0.3) is 10.2 Å². The van der Waals surface area contributed by atoms with Crippen LogP contribution in [0.1, 0.15) is 27.7 Å². The van der Waals surface area contributed by atoms with E-state index in [9.17, 15) is 9.59 Å². The van der Waals surface area contributed by atoms with Gasteiger partial charge in [-0.3, -0.25) is 14.2 Å². The number of hydrogen-bond donors (Lipinski definition) is 0. The first-order chi connectivity index (χ1) is 12.3. The zero-order chi connectivity index (χ0) is 19.0. The molecule has 3 aromatic rings. The van der Waals surface area contributed by atoms with Crippen molar-refractivity contribution >= 4 is 62.3 Å². The molecule has 2 aromatic heterocycles. The van der Waals surface area contributed by atoms with Crippen LogP contribution >= 0.6 is 46.3 Å². The molecule has 0 aliphatic heterocycles. The van der Waals surface area contributed by atoms with Gasteiger partial charge in [0, 0.05) is 17.0 Å². The van der Waals surface area contributed by atoms with E-state index in [1.54, 1.807) is 22.8 Å². The van der Waals surface area contributed by atoms with Crippen LogP contribution in [0.4, 0.5) is 0 Å². The third-order valence-electron chi connectivity index (χ3n) is 4.14. The molecule has 0 spiro atoms. The van der Waals surface area contributed by atoms with Crippen LogP contribution in [0.15, 0.2) is 28.2 Å². The van der Waals surface area contributed by atoms with Crippen molar-refractivity contribution in [2.75, 3.05) is 5.75 Å². The normalized spacial score (nSPS) is 11.3. The second-order valence-electron chi connectivity index (χ2n) is 5.75. The van der Waals surface area contributed by atoms with Crippen molar-refractivity contribution in [1.82, 2.24) is 9.55 Å². The predicted molar refractivity (Wildman–Crippen MR) is 111 cm³/mol. The summed E-state index contributed by atoms with van der Waals surface area (Å²) < 4.78 is 1.62. The van der Waals surface area contributed by atoms with Crippen molar-refractivity contribution in [3.05, 3.63) is 54.6 Å². The number of fused-ring (bicyclic) bond motifs is 1. The first-order valence-corrected chi connectivity index (χ1v) is 10.5. The standard InChI is InChI=1S/C18H16Cl2N2O2S2/c1-4-22-17(24)15-9(2)10(3)26-16(15)21-18(22)25-8-14(23)11-5-6-12(19)13(20)7-11/h5-7H,4,8H2,1-3H3. The number of benzene rings is 1. The average molecular weight is 427 g/mol. The Morgan fingerprint density at radius 1 is 1.27 bits per heavy atom. The highest BCUT2D eigenvalue weighted by Crippen LogP contribution is 2.29. The molecule has 1 aromatic carbocycles. The van der Waals surface area contributed by atoms with Gasteiger partial charge in [-0.1, -0.05) is 35.0 Å². The summed E-state index contributed by atoms with van der Waals surface area (Å²) in [5.74, 6) is 0.0725. The van der Waals surface area contributed by atoms with E-state index >= 15 is 0 Å². The van der Waals surface area contributed by atoms with Crippen LogP contribution < -0.4 is 5.56 Å². The minimum Gasteiger partial charge on any atom is -0.293 e. The van der Waals surface area contributed by atoms with E-state index in [1.165, 1.54) is 23.1 Å². The summed E-state index contributed by atoms with van der Waals surface area (Å²) in [5, 5.41) is 1.98. The van der Waals surface area contributed by atoms with Gasteiger partial charge in [-0.2, -0.15) is 0 Å². The number of nitrogens with zero attached hydrogens (tertiary/aromatic N) is 2. The fraction of sp³-hybridized carbons (Fsp3) is 0.278. The minimum absolute atomic E-state index is 0.0520. The van der Waals surface area contributed by atoms with Gasteiger partial charge in [0.1, 0.15) is 4.83 Å². The van der Waals surface area contributed by atoms with Gasteiger partial charge in [0.05, 0.1) is 21.2 Å². The highest BCUT2D eigenvalue weighted by atomic mass is 35.5. The molecule has 0 amide bonds. The van der Waals surface area contributed by atoms with Crippen LogP contribution in [0.3, 0.4) is 0 Å². The number of hydrogen-bond acceptors (Lipinski definition) is 5. The predicted octanol–water partition coefficient (Wildman–Crippen LogP) is 5.38. The number of rotatable bonds is 5. The Morgan fingerprint density at radius 3 is 2.65 bits per heavy atom. The summed E-state index contributed by atoms with van der Waals surface area (Å²) in [6.45, 7) is 6.32. The Balaban J connectivity index is 1.92. The molecule has 0 atom stereocenters. The smallest absolute Gasteiger partial charge is 0.263 e.